The fourth-order valence-corrected chi connectivity index (χ4v) is 0.549. The van der Waals surface area contributed by atoms with Gasteiger partial charge in [-0.15, -0.1) is 0 Å². The minimum absolute atomic E-state index is 0.0514. The standard InChI is InChI=1S/C6H10ClFOS/c1-3-4(2)9-6(10)5(7)8/h4-5H,3H2,1-2H3. The molecule has 0 saturated carbocycles. The van der Waals surface area contributed by atoms with Crippen LogP contribution in [0.5, 0.6) is 0 Å². The summed E-state index contributed by atoms with van der Waals surface area (Å²) in [5.41, 5.74) is -1.66. The van der Waals surface area contributed by atoms with Crippen molar-refractivity contribution in [2.75, 3.05) is 0 Å². The first kappa shape index (κ1) is 10.1. The van der Waals surface area contributed by atoms with Gasteiger partial charge in [0.1, 0.15) is 0 Å². The normalized spacial score (nSPS) is 16.0. The molecule has 0 bridgehead atoms. The molecule has 0 aliphatic carbocycles. The predicted octanol–water partition coefficient (Wildman–Crippen LogP) is 2.66. The van der Waals surface area contributed by atoms with Gasteiger partial charge in [0, 0.05) is 0 Å². The van der Waals surface area contributed by atoms with Crippen LogP contribution in [0, 0.1) is 0 Å². The van der Waals surface area contributed by atoms with Crippen molar-refractivity contribution in [1.29, 1.82) is 0 Å². The summed E-state index contributed by atoms with van der Waals surface area (Å²) in [7, 11) is 0. The maximum absolute atomic E-state index is 12.1. The molecular formula is C6H10ClFOS. The summed E-state index contributed by atoms with van der Waals surface area (Å²) in [5.74, 6) is 0. The zero-order chi connectivity index (χ0) is 8.15. The summed E-state index contributed by atoms with van der Waals surface area (Å²) in [6.07, 6.45) is 0.744. The van der Waals surface area contributed by atoms with E-state index < -0.39 is 5.63 Å². The summed E-state index contributed by atoms with van der Waals surface area (Å²) in [5, 5.41) is -0.170. The van der Waals surface area contributed by atoms with E-state index in [9.17, 15) is 4.39 Å². The lowest BCUT2D eigenvalue weighted by molar-refractivity contribution is 0.196. The van der Waals surface area contributed by atoms with Gasteiger partial charge in [-0.3, -0.25) is 0 Å². The molecule has 0 rings (SSSR count). The van der Waals surface area contributed by atoms with Crippen molar-refractivity contribution in [3.63, 3.8) is 0 Å². The lowest BCUT2D eigenvalue weighted by atomic mass is 10.3. The number of hydrogen-bond donors (Lipinski definition) is 0. The Morgan fingerprint density at radius 1 is 1.80 bits per heavy atom. The van der Waals surface area contributed by atoms with Crippen molar-refractivity contribution in [3.05, 3.63) is 0 Å². The van der Waals surface area contributed by atoms with Crippen LogP contribution >= 0.6 is 23.8 Å². The fourth-order valence-electron chi connectivity index (χ4n) is 0.333. The maximum Gasteiger partial charge on any atom is 0.240 e. The largest absolute Gasteiger partial charge is 0.480 e. The molecule has 0 saturated heterocycles. The van der Waals surface area contributed by atoms with Crippen LogP contribution in [0.3, 0.4) is 0 Å². The Kier molecular flexibility index (Phi) is 4.91. The second-order valence-electron chi connectivity index (χ2n) is 1.96. The van der Waals surface area contributed by atoms with E-state index >= 15 is 0 Å². The van der Waals surface area contributed by atoms with Gasteiger partial charge in [-0.05, 0) is 25.6 Å². The van der Waals surface area contributed by atoms with Gasteiger partial charge in [-0.1, -0.05) is 18.5 Å². The van der Waals surface area contributed by atoms with Crippen LogP contribution in [-0.2, 0) is 4.74 Å². The van der Waals surface area contributed by atoms with Crippen molar-refractivity contribution >= 4 is 28.9 Å². The predicted molar refractivity (Wildman–Crippen MR) is 44.2 cm³/mol. The molecule has 2 atom stereocenters. The van der Waals surface area contributed by atoms with Gasteiger partial charge in [0.2, 0.25) is 10.7 Å². The van der Waals surface area contributed by atoms with Crippen LogP contribution in [0.25, 0.3) is 0 Å². The zero-order valence-corrected chi connectivity index (χ0v) is 7.51. The molecule has 0 heterocycles. The molecule has 0 aromatic rings. The highest BCUT2D eigenvalue weighted by Crippen LogP contribution is 2.06. The number of alkyl halides is 2. The van der Waals surface area contributed by atoms with Crippen LogP contribution in [0.4, 0.5) is 4.39 Å². The molecule has 0 aliphatic heterocycles. The van der Waals surface area contributed by atoms with Crippen LogP contribution in [0.2, 0.25) is 0 Å². The van der Waals surface area contributed by atoms with Crippen molar-refractivity contribution < 1.29 is 9.13 Å². The zero-order valence-electron chi connectivity index (χ0n) is 5.93. The van der Waals surface area contributed by atoms with Gasteiger partial charge in [0.05, 0.1) is 6.10 Å². The molecule has 10 heavy (non-hydrogen) atoms. The third-order valence-corrected chi connectivity index (χ3v) is 1.70. The lowest BCUT2D eigenvalue weighted by Gasteiger charge is -2.12. The smallest absolute Gasteiger partial charge is 0.240 e. The number of rotatable bonds is 3. The highest BCUT2D eigenvalue weighted by atomic mass is 35.5. The van der Waals surface area contributed by atoms with Crippen molar-refractivity contribution in [3.8, 4) is 0 Å². The highest BCUT2D eigenvalue weighted by molar-refractivity contribution is 7.80. The highest BCUT2D eigenvalue weighted by Gasteiger charge is 2.12. The van der Waals surface area contributed by atoms with E-state index in [4.69, 9.17) is 16.3 Å². The Hall–Kier alpha value is 0.110. The molecule has 0 aliphatic rings. The summed E-state index contributed by atoms with van der Waals surface area (Å²) in [6, 6.07) is 0. The SMILES string of the molecule is CCC(C)OC(=S)C(F)Cl. The molecule has 0 fully saturated rings. The number of halogens is 2. The number of hydrogen-bond acceptors (Lipinski definition) is 2. The van der Waals surface area contributed by atoms with Gasteiger partial charge in [0.25, 0.3) is 0 Å². The monoisotopic (exact) mass is 184 g/mol. The second kappa shape index (κ2) is 4.85. The van der Waals surface area contributed by atoms with E-state index in [0.717, 1.165) is 6.42 Å². The molecule has 0 aromatic carbocycles. The van der Waals surface area contributed by atoms with Gasteiger partial charge in [0.15, 0.2) is 0 Å². The second-order valence-corrected chi connectivity index (χ2v) is 2.74. The maximum atomic E-state index is 12.1. The minimum Gasteiger partial charge on any atom is -0.480 e. The van der Waals surface area contributed by atoms with E-state index in [1.807, 2.05) is 13.8 Å². The van der Waals surface area contributed by atoms with Crippen molar-refractivity contribution in [2.24, 2.45) is 0 Å². The van der Waals surface area contributed by atoms with Gasteiger partial charge < -0.3 is 4.74 Å². The molecule has 2 unspecified atom stereocenters. The van der Waals surface area contributed by atoms with E-state index in [2.05, 4.69) is 12.2 Å². The first-order chi connectivity index (χ1) is 4.57. The van der Waals surface area contributed by atoms with Crippen LogP contribution in [0.15, 0.2) is 0 Å². The Bertz CT molecular complexity index is 118. The molecule has 1 nitrogen and oxygen atoms in total. The lowest BCUT2D eigenvalue weighted by Crippen LogP contribution is -2.17. The van der Waals surface area contributed by atoms with Crippen molar-refractivity contribution in [1.82, 2.24) is 0 Å². The fraction of sp³-hybridized carbons (Fsp3) is 0.833. The number of thiocarbonyl (C=S) groups is 1. The molecule has 0 radical (unpaired) electrons. The van der Waals surface area contributed by atoms with Crippen LogP contribution in [-0.4, -0.2) is 16.8 Å². The molecular weight excluding hydrogens is 175 g/mol. The third-order valence-electron chi connectivity index (χ3n) is 1.07. The molecule has 0 amide bonds. The summed E-state index contributed by atoms with van der Waals surface area (Å²) in [6.45, 7) is 3.74. The molecule has 0 aromatic heterocycles. The topological polar surface area (TPSA) is 9.23 Å². The molecule has 0 spiro atoms. The van der Waals surface area contributed by atoms with E-state index in [0.29, 0.717) is 0 Å². The summed E-state index contributed by atoms with van der Waals surface area (Å²) >= 11 is 9.49. The summed E-state index contributed by atoms with van der Waals surface area (Å²) in [4.78, 5) is 0. The Labute approximate surface area is 70.5 Å². The van der Waals surface area contributed by atoms with Crippen LogP contribution in [0.1, 0.15) is 20.3 Å². The molecule has 4 heteroatoms. The van der Waals surface area contributed by atoms with E-state index in [1.165, 1.54) is 0 Å². The van der Waals surface area contributed by atoms with Gasteiger partial charge in [-0.2, -0.15) is 0 Å². The van der Waals surface area contributed by atoms with E-state index in [1.54, 1.807) is 0 Å². The first-order valence-electron chi connectivity index (χ1n) is 3.06. The Balaban J connectivity index is 3.57. The van der Waals surface area contributed by atoms with Crippen LogP contribution < -0.4 is 0 Å². The van der Waals surface area contributed by atoms with Gasteiger partial charge >= 0.3 is 0 Å². The molecule has 60 valence electrons. The van der Waals surface area contributed by atoms with Gasteiger partial charge in [-0.25, -0.2) is 4.39 Å². The third kappa shape index (κ3) is 4.01. The number of ether oxygens (including phenoxy) is 1. The molecule has 0 N–H and O–H groups in total. The Morgan fingerprint density at radius 2 is 2.30 bits per heavy atom. The Morgan fingerprint density at radius 3 is 2.60 bits per heavy atom. The minimum atomic E-state index is -1.66. The quantitative estimate of drug-likeness (QED) is 0.493. The first-order valence-corrected chi connectivity index (χ1v) is 3.91. The van der Waals surface area contributed by atoms with Crippen molar-refractivity contribution in [2.45, 2.75) is 32.0 Å². The average molecular weight is 185 g/mol. The average Bonchev–Trinajstić information content (AvgIpc) is 1.87. The summed E-state index contributed by atoms with van der Waals surface area (Å²) < 4.78 is 17.0. The van der Waals surface area contributed by atoms with E-state index in [-0.39, 0.29) is 11.2 Å².